The molecule has 0 spiro atoms. The predicted molar refractivity (Wildman–Crippen MR) is 75.7 cm³/mol. The Labute approximate surface area is 121 Å². The Kier molecular flexibility index (Phi) is 2.63. The number of nitrogens with one attached hydrogen (secondary N) is 1. The van der Waals surface area contributed by atoms with E-state index in [9.17, 15) is 4.79 Å². The summed E-state index contributed by atoms with van der Waals surface area (Å²) in [6.45, 7) is 1.13. The van der Waals surface area contributed by atoms with Gasteiger partial charge >= 0.3 is 0 Å². The standard InChI is InChI=1S/C15H15N3O3/c1-18-15-11(8-16-18)10(7-14(19)17-15)9-2-3-12-13(6-9)21-5-4-20-12/h2-3,6,8,10H,4-5,7H2,1H3,(H,17,19). The van der Waals surface area contributed by atoms with Crippen molar-refractivity contribution in [1.82, 2.24) is 9.78 Å². The molecule has 1 aromatic heterocycles. The number of benzene rings is 1. The molecule has 6 heteroatoms. The van der Waals surface area contributed by atoms with Crippen LogP contribution in [0.3, 0.4) is 0 Å². The largest absolute Gasteiger partial charge is 0.486 e. The molecule has 1 amide bonds. The number of nitrogens with zero attached hydrogens (tertiary/aromatic N) is 2. The van der Waals surface area contributed by atoms with Crippen molar-refractivity contribution in [2.24, 2.45) is 7.05 Å². The minimum absolute atomic E-state index is 0.00160. The zero-order valence-corrected chi connectivity index (χ0v) is 11.6. The quantitative estimate of drug-likeness (QED) is 0.865. The van der Waals surface area contributed by atoms with Crippen LogP contribution in [0.15, 0.2) is 24.4 Å². The molecule has 4 rings (SSSR count). The van der Waals surface area contributed by atoms with Gasteiger partial charge in [-0.1, -0.05) is 6.07 Å². The third-order valence-corrected chi connectivity index (χ3v) is 3.96. The Morgan fingerprint density at radius 1 is 1.29 bits per heavy atom. The van der Waals surface area contributed by atoms with E-state index >= 15 is 0 Å². The highest BCUT2D eigenvalue weighted by Crippen LogP contribution is 2.40. The molecule has 1 atom stereocenters. The van der Waals surface area contributed by atoms with Crippen LogP contribution in [0.4, 0.5) is 5.82 Å². The first-order valence-corrected chi connectivity index (χ1v) is 6.93. The second-order valence-corrected chi connectivity index (χ2v) is 5.28. The van der Waals surface area contributed by atoms with Crippen molar-refractivity contribution in [3.8, 4) is 11.5 Å². The summed E-state index contributed by atoms with van der Waals surface area (Å²) >= 11 is 0. The van der Waals surface area contributed by atoms with Crippen LogP contribution in [0, 0.1) is 0 Å². The average molecular weight is 285 g/mol. The maximum atomic E-state index is 11.9. The molecule has 108 valence electrons. The van der Waals surface area contributed by atoms with E-state index in [4.69, 9.17) is 9.47 Å². The van der Waals surface area contributed by atoms with Crippen LogP contribution in [0.5, 0.6) is 11.5 Å². The second kappa shape index (κ2) is 4.51. The van der Waals surface area contributed by atoms with E-state index < -0.39 is 0 Å². The molecular weight excluding hydrogens is 270 g/mol. The molecule has 0 fully saturated rings. The van der Waals surface area contributed by atoms with E-state index in [0.717, 1.165) is 28.4 Å². The SMILES string of the molecule is Cn1ncc2c1NC(=O)CC2c1ccc2c(c1)OCCO2. The summed E-state index contributed by atoms with van der Waals surface area (Å²) in [5.74, 6) is 2.28. The smallest absolute Gasteiger partial charge is 0.226 e. The van der Waals surface area contributed by atoms with Gasteiger partial charge in [-0.2, -0.15) is 5.10 Å². The van der Waals surface area contributed by atoms with Crippen molar-refractivity contribution < 1.29 is 14.3 Å². The Bertz CT molecular complexity index is 723. The minimum Gasteiger partial charge on any atom is -0.486 e. The Morgan fingerprint density at radius 2 is 2.10 bits per heavy atom. The van der Waals surface area contributed by atoms with Crippen LogP contribution in [-0.4, -0.2) is 28.9 Å². The van der Waals surface area contributed by atoms with Gasteiger partial charge in [-0.3, -0.25) is 9.48 Å². The number of carbonyl (C=O) groups is 1. The van der Waals surface area contributed by atoms with Gasteiger partial charge < -0.3 is 14.8 Å². The molecule has 1 unspecified atom stereocenters. The fourth-order valence-corrected chi connectivity index (χ4v) is 2.92. The summed E-state index contributed by atoms with van der Waals surface area (Å²) in [7, 11) is 1.82. The van der Waals surface area contributed by atoms with Crippen LogP contribution in [0.1, 0.15) is 23.5 Å². The number of hydrogen-bond acceptors (Lipinski definition) is 4. The normalized spacial score (nSPS) is 19.9. The highest BCUT2D eigenvalue weighted by Gasteiger charge is 2.30. The predicted octanol–water partition coefficient (Wildman–Crippen LogP) is 1.67. The lowest BCUT2D eigenvalue weighted by atomic mass is 9.87. The molecule has 0 radical (unpaired) electrons. The Morgan fingerprint density at radius 3 is 2.95 bits per heavy atom. The van der Waals surface area contributed by atoms with Gasteiger partial charge in [0.15, 0.2) is 11.5 Å². The molecule has 3 heterocycles. The van der Waals surface area contributed by atoms with Gasteiger partial charge in [0.25, 0.3) is 0 Å². The first-order valence-electron chi connectivity index (χ1n) is 6.93. The average Bonchev–Trinajstić information content (AvgIpc) is 2.87. The molecule has 0 bridgehead atoms. The van der Waals surface area contributed by atoms with E-state index in [1.165, 1.54) is 0 Å². The van der Waals surface area contributed by atoms with Gasteiger partial charge in [0, 0.05) is 24.9 Å². The summed E-state index contributed by atoms with van der Waals surface area (Å²) in [5.41, 5.74) is 2.08. The third-order valence-electron chi connectivity index (χ3n) is 3.96. The number of amides is 1. The lowest BCUT2D eigenvalue weighted by molar-refractivity contribution is -0.116. The van der Waals surface area contributed by atoms with Crippen LogP contribution in [-0.2, 0) is 11.8 Å². The molecule has 0 aliphatic carbocycles. The number of carbonyl (C=O) groups excluding carboxylic acids is 1. The van der Waals surface area contributed by atoms with Crippen LogP contribution in [0.2, 0.25) is 0 Å². The maximum absolute atomic E-state index is 11.9. The minimum atomic E-state index is -0.00160. The van der Waals surface area contributed by atoms with Crippen LogP contribution >= 0.6 is 0 Å². The van der Waals surface area contributed by atoms with E-state index in [2.05, 4.69) is 10.4 Å². The van der Waals surface area contributed by atoms with Gasteiger partial charge in [-0.15, -0.1) is 0 Å². The number of rotatable bonds is 1. The van der Waals surface area contributed by atoms with Gasteiger partial charge in [-0.25, -0.2) is 0 Å². The fraction of sp³-hybridized carbons (Fsp3) is 0.333. The van der Waals surface area contributed by atoms with Crippen molar-refractivity contribution in [2.45, 2.75) is 12.3 Å². The summed E-state index contributed by atoms with van der Waals surface area (Å²) in [5, 5.41) is 7.12. The number of hydrogen-bond donors (Lipinski definition) is 1. The van der Waals surface area contributed by atoms with Gasteiger partial charge in [-0.05, 0) is 17.7 Å². The summed E-state index contributed by atoms with van der Waals surface area (Å²) in [6.07, 6.45) is 2.23. The lowest BCUT2D eigenvalue weighted by Crippen LogP contribution is -2.24. The fourth-order valence-electron chi connectivity index (χ4n) is 2.92. The highest BCUT2D eigenvalue weighted by atomic mass is 16.6. The zero-order chi connectivity index (χ0) is 14.4. The summed E-state index contributed by atoms with van der Waals surface area (Å²) in [6, 6.07) is 5.87. The number of anilines is 1. The van der Waals surface area contributed by atoms with E-state index in [1.807, 2.05) is 31.4 Å². The summed E-state index contributed by atoms with van der Waals surface area (Å²) in [4.78, 5) is 11.9. The molecule has 0 saturated carbocycles. The molecule has 21 heavy (non-hydrogen) atoms. The molecule has 1 aromatic carbocycles. The first-order chi connectivity index (χ1) is 10.2. The maximum Gasteiger partial charge on any atom is 0.226 e. The zero-order valence-electron chi connectivity index (χ0n) is 11.6. The molecule has 2 aromatic rings. The third kappa shape index (κ3) is 1.94. The Balaban J connectivity index is 1.78. The molecule has 1 N–H and O–H groups in total. The summed E-state index contributed by atoms with van der Waals surface area (Å²) < 4.78 is 12.9. The van der Waals surface area contributed by atoms with Gasteiger partial charge in [0.2, 0.25) is 5.91 Å². The molecule has 2 aliphatic heterocycles. The molecule has 2 aliphatic rings. The van der Waals surface area contributed by atoms with Crippen molar-refractivity contribution >= 4 is 11.7 Å². The van der Waals surface area contributed by atoms with Crippen molar-refractivity contribution in [3.05, 3.63) is 35.5 Å². The van der Waals surface area contributed by atoms with E-state index in [0.29, 0.717) is 19.6 Å². The topological polar surface area (TPSA) is 65.4 Å². The van der Waals surface area contributed by atoms with Crippen LogP contribution in [0.25, 0.3) is 0 Å². The molecule has 0 saturated heterocycles. The van der Waals surface area contributed by atoms with Crippen molar-refractivity contribution in [2.75, 3.05) is 18.5 Å². The van der Waals surface area contributed by atoms with Gasteiger partial charge in [0.1, 0.15) is 19.0 Å². The molecular formula is C15H15N3O3. The lowest BCUT2D eigenvalue weighted by Gasteiger charge is -2.25. The Hall–Kier alpha value is -2.50. The number of aromatic nitrogens is 2. The number of fused-ring (bicyclic) bond motifs is 2. The van der Waals surface area contributed by atoms with Crippen molar-refractivity contribution in [3.63, 3.8) is 0 Å². The van der Waals surface area contributed by atoms with E-state index in [1.54, 1.807) is 4.68 Å². The van der Waals surface area contributed by atoms with Crippen LogP contribution < -0.4 is 14.8 Å². The van der Waals surface area contributed by atoms with E-state index in [-0.39, 0.29) is 11.8 Å². The van der Waals surface area contributed by atoms with Gasteiger partial charge in [0.05, 0.1) is 6.20 Å². The highest BCUT2D eigenvalue weighted by molar-refractivity contribution is 5.94. The van der Waals surface area contributed by atoms with Crippen molar-refractivity contribution in [1.29, 1.82) is 0 Å². The number of aryl methyl sites for hydroxylation is 1. The molecule has 6 nitrogen and oxygen atoms in total. The first kappa shape index (κ1) is 12.3. The monoisotopic (exact) mass is 285 g/mol. The number of ether oxygens (including phenoxy) is 2. The second-order valence-electron chi connectivity index (χ2n) is 5.28.